The molecule has 0 aromatic heterocycles. The van der Waals surface area contributed by atoms with Gasteiger partial charge in [-0.3, -0.25) is 4.79 Å². The number of carbonyl (C=O) groups is 1. The van der Waals surface area contributed by atoms with Crippen molar-refractivity contribution in [2.45, 2.75) is 37.5 Å². The number of carboxylic acid groups (broad SMARTS) is 1. The highest BCUT2D eigenvalue weighted by molar-refractivity contribution is 7.90. The van der Waals surface area contributed by atoms with E-state index >= 15 is 0 Å². The molecule has 0 saturated heterocycles. The molecule has 1 fully saturated rings. The molecule has 0 aromatic carbocycles. The van der Waals surface area contributed by atoms with Crippen molar-refractivity contribution in [3.8, 4) is 0 Å². The number of hydrogen-bond donors (Lipinski definition) is 3. The molecular formula is C9H17NO5S. The average molecular weight is 251 g/mol. The molecule has 1 aliphatic carbocycles. The molecular weight excluding hydrogens is 234 g/mol. The fourth-order valence-electron chi connectivity index (χ4n) is 1.86. The van der Waals surface area contributed by atoms with Crippen molar-refractivity contribution in [3.05, 3.63) is 0 Å². The number of rotatable bonds is 5. The number of aliphatic hydroxyl groups excluding tert-OH is 1. The summed E-state index contributed by atoms with van der Waals surface area (Å²) in [5.41, 5.74) is 0. The largest absolute Gasteiger partial charge is 0.480 e. The zero-order valence-corrected chi connectivity index (χ0v) is 9.90. The fourth-order valence-corrected chi connectivity index (χ4v) is 3.06. The van der Waals surface area contributed by atoms with Gasteiger partial charge < -0.3 is 10.2 Å². The van der Waals surface area contributed by atoms with Gasteiger partial charge in [-0.05, 0) is 25.7 Å². The van der Waals surface area contributed by atoms with Crippen LogP contribution in [0.4, 0.5) is 0 Å². The molecule has 3 unspecified atom stereocenters. The summed E-state index contributed by atoms with van der Waals surface area (Å²) >= 11 is 0. The Labute approximate surface area is 94.7 Å². The highest BCUT2D eigenvalue weighted by atomic mass is 32.2. The van der Waals surface area contributed by atoms with Gasteiger partial charge in [0.05, 0.1) is 0 Å². The van der Waals surface area contributed by atoms with Crippen LogP contribution in [0.2, 0.25) is 0 Å². The second-order valence-corrected chi connectivity index (χ2v) is 6.16. The first-order valence-corrected chi connectivity index (χ1v) is 6.78. The number of aliphatic hydroxyl groups is 1. The van der Waals surface area contributed by atoms with E-state index in [4.69, 9.17) is 10.2 Å². The third-order valence-corrected chi connectivity index (χ3v) is 4.79. The van der Waals surface area contributed by atoms with Crippen molar-refractivity contribution >= 4 is 16.0 Å². The van der Waals surface area contributed by atoms with E-state index in [1.165, 1.54) is 0 Å². The van der Waals surface area contributed by atoms with Gasteiger partial charge in [0.25, 0.3) is 0 Å². The van der Waals surface area contributed by atoms with Crippen LogP contribution in [0, 0.1) is 5.92 Å². The molecule has 16 heavy (non-hydrogen) atoms. The Balaban J connectivity index is 2.69. The third-order valence-electron chi connectivity index (χ3n) is 3.02. The molecule has 3 N–H and O–H groups in total. The van der Waals surface area contributed by atoms with E-state index in [1.54, 1.807) is 0 Å². The molecule has 7 heteroatoms. The molecule has 0 spiro atoms. The van der Waals surface area contributed by atoms with Crippen molar-refractivity contribution in [1.82, 2.24) is 4.72 Å². The number of sulfonamides is 1. The Morgan fingerprint density at radius 1 is 1.50 bits per heavy atom. The summed E-state index contributed by atoms with van der Waals surface area (Å²) in [4.78, 5) is 10.6. The molecule has 0 aliphatic heterocycles. The second-order valence-electron chi connectivity index (χ2n) is 4.12. The predicted octanol–water partition coefficient (Wildman–Crippen LogP) is -0.460. The predicted molar refractivity (Wildman–Crippen MR) is 57.4 cm³/mol. The van der Waals surface area contributed by atoms with Crippen LogP contribution in [-0.2, 0) is 14.8 Å². The van der Waals surface area contributed by atoms with Gasteiger partial charge in [-0.1, -0.05) is 6.42 Å². The maximum absolute atomic E-state index is 11.6. The van der Waals surface area contributed by atoms with E-state index in [2.05, 4.69) is 4.72 Å². The lowest BCUT2D eigenvalue weighted by atomic mass is 10.1. The van der Waals surface area contributed by atoms with Crippen LogP contribution in [0.15, 0.2) is 0 Å². The highest BCUT2D eigenvalue weighted by Gasteiger charge is 2.34. The molecule has 1 saturated carbocycles. The smallest absolute Gasteiger partial charge is 0.323 e. The topological polar surface area (TPSA) is 104 Å². The molecule has 1 rings (SSSR count). The quantitative estimate of drug-likeness (QED) is 0.613. The maximum Gasteiger partial charge on any atom is 0.323 e. The normalized spacial score (nSPS) is 27.9. The minimum atomic E-state index is -3.85. The van der Waals surface area contributed by atoms with Gasteiger partial charge in [0.1, 0.15) is 0 Å². The molecule has 0 bridgehead atoms. The summed E-state index contributed by atoms with van der Waals surface area (Å²) in [6.45, 7) is 1.06. The number of aliphatic carboxylic acids is 1. The van der Waals surface area contributed by atoms with Gasteiger partial charge in [0.15, 0.2) is 5.25 Å². The van der Waals surface area contributed by atoms with Gasteiger partial charge in [-0.25, -0.2) is 13.1 Å². The molecule has 3 atom stereocenters. The Kier molecular flexibility index (Phi) is 4.28. The van der Waals surface area contributed by atoms with E-state index in [9.17, 15) is 13.2 Å². The summed E-state index contributed by atoms with van der Waals surface area (Å²) in [7, 11) is -3.85. The molecule has 0 amide bonds. The molecule has 94 valence electrons. The third kappa shape index (κ3) is 2.93. The Bertz CT molecular complexity index is 353. The summed E-state index contributed by atoms with van der Waals surface area (Å²) in [6, 6.07) is -0.336. The van der Waals surface area contributed by atoms with Crippen LogP contribution >= 0.6 is 0 Å². The highest BCUT2D eigenvalue weighted by Crippen LogP contribution is 2.26. The Morgan fingerprint density at radius 2 is 2.12 bits per heavy atom. The first-order valence-electron chi connectivity index (χ1n) is 5.23. The summed E-state index contributed by atoms with van der Waals surface area (Å²) in [5, 5.41) is 16.2. The zero-order valence-electron chi connectivity index (χ0n) is 9.09. The van der Waals surface area contributed by atoms with Gasteiger partial charge in [0, 0.05) is 12.6 Å². The molecule has 1 aliphatic rings. The molecule has 0 radical (unpaired) electrons. The minimum Gasteiger partial charge on any atom is -0.480 e. The lowest BCUT2D eigenvalue weighted by Crippen LogP contribution is -2.45. The van der Waals surface area contributed by atoms with Crippen LogP contribution in [-0.4, -0.2) is 42.5 Å². The van der Waals surface area contributed by atoms with E-state index in [0.717, 1.165) is 19.8 Å². The van der Waals surface area contributed by atoms with Gasteiger partial charge in [0.2, 0.25) is 10.0 Å². The SMILES string of the molecule is CC(C(=O)O)S(=O)(=O)NC1CCCC1CO. The standard InChI is InChI=1S/C9H17NO5S/c1-6(9(12)13)16(14,15)10-8-4-2-3-7(8)5-11/h6-8,10-11H,2-5H2,1H3,(H,12,13). The maximum atomic E-state index is 11.6. The van der Waals surface area contributed by atoms with Crippen LogP contribution in [0.3, 0.4) is 0 Å². The van der Waals surface area contributed by atoms with Crippen LogP contribution < -0.4 is 4.72 Å². The van der Waals surface area contributed by atoms with Crippen molar-refractivity contribution < 1.29 is 23.4 Å². The van der Waals surface area contributed by atoms with Crippen molar-refractivity contribution in [2.75, 3.05) is 6.61 Å². The number of carboxylic acids is 1. The zero-order chi connectivity index (χ0) is 12.3. The summed E-state index contributed by atoms with van der Waals surface area (Å²) in [6.07, 6.45) is 2.27. The van der Waals surface area contributed by atoms with E-state index in [0.29, 0.717) is 6.42 Å². The summed E-state index contributed by atoms with van der Waals surface area (Å²) < 4.78 is 25.6. The second kappa shape index (κ2) is 5.11. The van der Waals surface area contributed by atoms with E-state index < -0.39 is 21.2 Å². The summed E-state index contributed by atoms with van der Waals surface area (Å²) in [5.74, 6) is -1.47. The first-order chi connectivity index (χ1) is 7.38. The molecule has 0 heterocycles. The number of hydrogen-bond acceptors (Lipinski definition) is 4. The van der Waals surface area contributed by atoms with Gasteiger partial charge in [-0.2, -0.15) is 0 Å². The Morgan fingerprint density at radius 3 is 2.62 bits per heavy atom. The van der Waals surface area contributed by atoms with Crippen LogP contribution in [0.25, 0.3) is 0 Å². The monoisotopic (exact) mass is 251 g/mol. The van der Waals surface area contributed by atoms with Crippen LogP contribution in [0.1, 0.15) is 26.2 Å². The van der Waals surface area contributed by atoms with Crippen molar-refractivity contribution in [1.29, 1.82) is 0 Å². The van der Waals surface area contributed by atoms with Crippen molar-refractivity contribution in [2.24, 2.45) is 5.92 Å². The van der Waals surface area contributed by atoms with Gasteiger partial charge in [-0.15, -0.1) is 0 Å². The lowest BCUT2D eigenvalue weighted by molar-refractivity contribution is -0.136. The van der Waals surface area contributed by atoms with Crippen LogP contribution in [0.5, 0.6) is 0 Å². The molecule has 0 aromatic rings. The van der Waals surface area contributed by atoms with E-state index in [1.807, 2.05) is 0 Å². The first kappa shape index (κ1) is 13.4. The average Bonchev–Trinajstić information content (AvgIpc) is 2.63. The molecule has 6 nitrogen and oxygen atoms in total. The van der Waals surface area contributed by atoms with E-state index in [-0.39, 0.29) is 18.6 Å². The fraction of sp³-hybridized carbons (Fsp3) is 0.889. The van der Waals surface area contributed by atoms with Gasteiger partial charge >= 0.3 is 5.97 Å². The lowest BCUT2D eigenvalue weighted by Gasteiger charge is -2.20. The Hall–Kier alpha value is -0.660. The minimum absolute atomic E-state index is 0.0748. The number of nitrogens with one attached hydrogen (secondary N) is 1. The van der Waals surface area contributed by atoms with Crippen molar-refractivity contribution in [3.63, 3.8) is 0 Å².